The summed E-state index contributed by atoms with van der Waals surface area (Å²) in [4.78, 5) is 25.3. The third-order valence-corrected chi connectivity index (χ3v) is 5.02. The number of ether oxygens (including phenoxy) is 2. The molecule has 5 heteroatoms. The van der Waals surface area contributed by atoms with Crippen LogP contribution >= 0.6 is 0 Å². The molecule has 0 amide bonds. The number of hydrogen-bond donors (Lipinski definition) is 0. The second kappa shape index (κ2) is 9.96. The predicted molar refractivity (Wildman–Crippen MR) is 97.2 cm³/mol. The van der Waals surface area contributed by atoms with E-state index in [4.69, 9.17) is 14.7 Å². The Morgan fingerprint density at radius 1 is 1.04 bits per heavy atom. The largest absolute Gasteiger partial charge is 0.465 e. The molecule has 1 aromatic carbocycles. The second-order valence-electron chi connectivity index (χ2n) is 6.64. The molecule has 140 valence electrons. The Bertz CT molecular complexity index is 623. The predicted octanol–water partition coefficient (Wildman–Crippen LogP) is 3.96. The molecule has 0 N–H and O–H groups in total. The third-order valence-electron chi connectivity index (χ3n) is 5.02. The van der Waals surface area contributed by atoms with E-state index in [-0.39, 0.29) is 25.0 Å². The summed E-state index contributed by atoms with van der Waals surface area (Å²) in [5.41, 5.74) is 1.45. The molecule has 0 aliphatic heterocycles. The summed E-state index contributed by atoms with van der Waals surface area (Å²) in [7, 11) is 0. The second-order valence-corrected chi connectivity index (χ2v) is 6.64. The van der Waals surface area contributed by atoms with Gasteiger partial charge < -0.3 is 9.47 Å². The first-order chi connectivity index (χ1) is 12.6. The van der Waals surface area contributed by atoms with E-state index in [1.807, 2.05) is 12.1 Å². The van der Waals surface area contributed by atoms with Crippen LogP contribution in [0, 0.1) is 23.2 Å². The van der Waals surface area contributed by atoms with Crippen molar-refractivity contribution in [3.63, 3.8) is 0 Å². The van der Waals surface area contributed by atoms with Gasteiger partial charge in [0, 0.05) is 5.92 Å². The zero-order valence-corrected chi connectivity index (χ0v) is 15.6. The van der Waals surface area contributed by atoms with Crippen LogP contribution in [0.3, 0.4) is 0 Å². The van der Waals surface area contributed by atoms with Crippen LogP contribution < -0.4 is 0 Å². The maximum atomic E-state index is 12.7. The van der Waals surface area contributed by atoms with Crippen molar-refractivity contribution in [1.82, 2.24) is 0 Å². The number of hydrogen-bond acceptors (Lipinski definition) is 5. The van der Waals surface area contributed by atoms with Crippen molar-refractivity contribution in [2.45, 2.75) is 51.9 Å². The minimum Gasteiger partial charge on any atom is -0.465 e. The lowest BCUT2D eigenvalue weighted by atomic mass is 9.70. The molecule has 0 saturated heterocycles. The van der Waals surface area contributed by atoms with Gasteiger partial charge >= 0.3 is 11.9 Å². The van der Waals surface area contributed by atoms with E-state index < -0.39 is 17.9 Å². The minimum absolute atomic E-state index is 0.218. The van der Waals surface area contributed by atoms with Gasteiger partial charge in [-0.05, 0) is 50.3 Å². The fourth-order valence-electron chi connectivity index (χ4n) is 3.86. The average Bonchev–Trinajstić information content (AvgIpc) is 2.67. The van der Waals surface area contributed by atoms with Gasteiger partial charge in [0.05, 0.1) is 24.8 Å². The molecule has 1 aromatic rings. The molecule has 0 radical (unpaired) electrons. The SMILES string of the molecule is CCOC(=O)C(C(=O)OCC)C(c1ccc(C#N)cc1)C1CCCCC1. The van der Waals surface area contributed by atoms with Crippen LogP contribution in [0.4, 0.5) is 0 Å². The van der Waals surface area contributed by atoms with Crippen LogP contribution in [0.5, 0.6) is 0 Å². The van der Waals surface area contributed by atoms with Crippen LogP contribution in [-0.4, -0.2) is 25.2 Å². The number of carbonyl (C=O) groups excluding carboxylic acids is 2. The first-order valence-electron chi connectivity index (χ1n) is 9.45. The molecule has 1 aliphatic rings. The number of benzene rings is 1. The number of nitriles is 1. The van der Waals surface area contributed by atoms with Crippen molar-refractivity contribution < 1.29 is 19.1 Å². The van der Waals surface area contributed by atoms with Crippen molar-refractivity contribution in [3.05, 3.63) is 35.4 Å². The molecule has 26 heavy (non-hydrogen) atoms. The van der Waals surface area contributed by atoms with Gasteiger partial charge in [-0.15, -0.1) is 0 Å². The number of carbonyl (C=O) groups is 2. The van der Waals surface area contributed by atoms with Gasteiger partial charge in [-0.1, -0.05) is 31.4 Å². The zero-order chi connectivity index (χ0) is 18.9. The highest BCUT2D eigenvalue weighted by atomic mass is 16.6. The molecule has 0 spiro atoms. The van der Waals surface area contributed by atoms with E-state index >= 15 is 0 Å². The van der Waals surface area contributed by atoms with E-state index in [0.29, 0.717) is 5.56 Å². The Morgan fingerprint density at radius 3 is 2.04 bits per heavy atom. The van der Waals surface area contributed by atoms with Crippen molar-refractivity contribution in [2.24, 2.45) is 11.8 Å². The Kier molecular flexibility index (Phi) is 7.65. The molecule has 5 nitrogen and oxygen atoms in total. The molecule has 0 aromatic heterocycles. The van der Waals surface area contributed by atoms with Crippen molar-refractivity contribution in [1.29, 1.82) is 5.26 Å². The Hall–Kier alpha value is -2.35. The lowest BCUT2D eigenvalue weighted by Crippen LogP contribution is -2.37. The smallest absolute Gasteiger partial charge is 0.320 e. The highest BCUT2D eigenvalue weighted by molar-refractivity contribution is 5.96. The lowest BCUT2D eigenvalue weighted by molar-refractivity contribution is -0.163. The van der Waals surface area contributed by atoms with E-state index in [1.165, 1.54) is 6.42 Å². The van der Waals surface area contributed by atoms with Crippen LogP contribution in [0.25, 0.3) is 0 Å². The monoisotopic (exact) mass is 357 g/mol. The van der Waals surface area contributed by atoms with Crippen LogP contribution in [-0.2, 0) is 19.1 Å². The van der Waals surface area contributed by atoms with Gasteiger partial charge in [0.2, 0.25) is 0 Å². The number of nitrogens with zero attached hydrogens (tertiary/aromatic N) is 1. The van der Waals surface area contributed by atoms with E-state index in [9.17, 15) is 9.59 Å². The summed E-state index contributed by atoms with van der Waals surface area (Å²) in [6.07, 6.45) is 5.31. The summed E-state index contributed by atoms with van der Waals surface area (Å²) in [6, 6.07) is 9.27. The third kappa shape index (κ3) is 4.85. The van der Waals surface area contributed by atoms with Gasteiger partial charge in [0.15, 0.2) is 5.92 Å². The van der Waals surface area contributed by atoms with Crippen molar-refractivity contribution in [2.75, 3.05) is 13.2 Å². The minimum atomic E-state index is -0.967. The summed E-state index contributed by atoms with van der Waals surface area (Å²) in [5, 5.41) is 9.04. The Labute approximate surface area is 155 Å². The van der Waals surface area contributed by atoms with Crippen LogP contribution in [0.2, 0.25) is 0 Å². The Balaban J connectivity index is 2.44. The molecule has 1 aliphatic carbocycles. The standard InChI is InChI=1S/C21H27NO4/c1-3-25-20(23)19(21(24)26-4-2)18(16-8-6-5-7-9-16)17-12-10-15(14-22)11-13-17/h10-13,16,18-19H,3-9H2,1-2H3. The number of esters is 2. The lowest BCUT2D eigenvalue weighted by Gasteiger charge is -2.34. The van der Waals surface area contributed by atoms with Gasteiger partial charge in [-0.3, -0.25) is 9.59 Å². The number of rotatable bonds is 7. The molecule has 1 saturated carbocycles. The highest BCUT2D eigenvalue weighted by Crippen LogP contribution is 2.41. The molecule has 2 rings (SSSR count). The molecule has 1 unspecified atom stereocenters. The summed E-state index contributed by atoms with van der Waals surface area (Å²) >= 11 is 0. The molecular weight excluding hydrogens is 330 g/mol. The Morgan fingerprint density at radius 2 is 1.58 bits per heavy atom. The van der Waals surface area contributed by atoms with Gasteiger partial charge in [-0.25, -0.2) is 0 Å². The summed E-state index contributed by atoms with van der Waals surface area (Å²) in [5.74, 6) is -2.08. The van der Waals surface area contributed by atoms with Gasteiger partial charge in [0.25, 0.3) is 0 Å². The molecule has 1 fully saturated rings. The van der Waals surface area contributed by atoms with E-state index in [1.54, 1.807) is 26.0 Å². The molecule has 0 heterocycles. The van der Waals surface area contributed by atoms with Gasteiger partial charge in [-0.2, -0.15) is 5.26 Å². The molecule has 0 bridgehead atoms. The quantitative estimate of drug-likeness (QED) is 0.545. The normalized spacial score (nSPS) is 15.9. The fourth-order valence-corrected chi connectivity index (χ4v) is 3.86. The van der Waals surface area contributed by atoms with Gasteiger partial charge in [0.1, 0.15) is 0 Å². The average molecular weight is 357 g/mol. The van der Waals surface area contributed by atoms with Crippen LogP contribution in [0.15, 0.2) is 24.3 Å². The zero-order valence-electron chi connectivity index (χ0n) is 15.6. The first kappa shape index (κ1) is 20.0. The van der Waals surface area contributed by atoms with E-state index in [2.05, 4.69) is 6.07 Å². The maximum Gasteiger partial charge on any atom is 0.320 e. The summed E-state index contributed by atoms with van der Waals surface area (Å²) in [6.45, 7) is 3.91. The topological polar surface area (TPSA) is 76.4 Å². The summed E-state index contributed by atoms with van der Waals surface area (Å²) < 4.78 is 10.4. The highest BCUT2D eigenvalue weighted by Gasteiger charge is 2.42. The fraction of sp³-hybridized carbons (Fsp3) is 0.571. The maximum absolute atomic E-state index is 12.7. The van der Waals surface area contributed by atoms with E-state index in [0.717, 1.165) is 31.2 Å². The van der Waals surface area contributed by atoms with Crippen molar-refractivity contribution in [3.8, 4) is 6.07 Å². The van der Waals surface area contributed by atoms with Crippen molar-refractivity contribution >= 4 is 11.9 Å². The molecule has 1 atom stereocenters. The van der Waals surface area contributed by atoms with Crippen LogP contribution in [0.1, 0.15) is 63.0 Å². The first-order valence-corrected chi connectivity index (χ1v) is 9.45. The molecular formula is C21H27NO4.